The van der Waals surface area contributed by atoms with Crippen LogP contribution in [-0.2, 0) is 4.74 Å². The van der Waals surface area contributed by atoms with Gasteiger partial charge in [-0.05, 0) is 42.5 Å². The maximum absolute atomic E-state index is 11.8. The van der Waals surface area contributed by atoms with Crippen molar-refractivity contribution >= 4 is 29.2 Å². The first-order valence-corrected chi connectivity index (χ1v) is 9.85. The number of nitrogens with zero attached hydrogens (tertiary/aromatic N) is 3. The first kappa shape index (κ1) is 21.1. The summed E-state index contributed by atoms with van der Waals surface area (Å²) in [6, 6.07) is 22.7. The molecule has 0 radical (unpaired) electrons. The lowest BCUT2D eigenvalue weighted by molar-refractivity contribution is 0.0601. The number of carbonyl (C=O) groups excluding carboxylic acids is 1. The van der Waals surface area contributed by atoms with Crippen molar-refractivity contribution in [2.45, 2.75) is 0 Å². The summed E-state index contributed by atoms with van der Waals surface area (Å²) < 4.78 is 16.3. The summed E-state index contributed by atoms with van der Waals surface area (Å²) in [6.45, 7) is 0. The fourth-order valence-electron chi connectivity index (χ4n) is 2.68. The molecule has 0 aliphatic carbocycles. The third-order valence-corrected chi connectivity index (χ3v) is 4.44. The Morgan fingerprint density at radius 2 is 1.56 bits per heavy atom. The highest BCUT2D eigenvalue weighted by molar-refractivity contribution is 6.32. The van der Waals surface area contributed by atoms with Gasteiger partial charge in [-0.15, -0.1) is 4.98 Å². The van der Waals surface area contributed by atoms with Crippen LogP contribution < -0.4 is 14.8 Å². The van der Waals surface area contributed by atoms with Gasteiger partial charge < -0.3 is 19.5 Å². The van der Waals surface area contributed by atoms with Gasteiger partial charge in [0.05, 0.1) is 17.7 Å². The maximum Gasteiger partial charge on any atom is 0.337 e. The van der Waals surface area contributed by atoms with Gasteiger partial charge in [-0.2, -0.15) is 9.97 Å². The molecular formula is C23H17ClN4O4. The predicted molar refractivity (Wildman–Crippen MR) is 119 cm³/mol. The zero-order chi connectivity index (χ0) is 22.3. The van der Waals surface area contributed by atoms with Crippen LogP contribution >= 0.6 is 11.6 Å². The number of halogens is 1. The number of methoxy groups -OCH3 is 1. The molecule has 0 saturated heterocycles. The van der Waals surface area contributed by atoms with Crippen molar-refractivity contribution in [3.8, 4) is 23.5 Å². The highest BCUT2D eigenvalue weighted by atomic mass is 35.5. The molecule has 0 aliphatic heterocycles. The minimum atomic E-state index is -0.458. The van der Waals surface area contributed by atoms with E-state index in [1.165, 1.54) is 7.11 Å². The van der Waals surface area contributed by atoms with Crippen LogP contribution in [0.15, 0.2) is 78.9 Å². The van der Waals surface area contributed by atoms with Crippen LogP contribution in [0.4, 0.5) is 11.6 Å². The highest BCUT2D eigenvalue weighted by Gasteiger charge is 2.13. The Kier molecular flexibility index (Phi) is 6.43. The van der Waals surface area contributed by atoms with Crippen LogP contribution in [0.25, 0.3) is 0 Å². The molecule has 0 atom stereocenters. The van der Waals surface area contributed by atoms with Gasteiger partial charge in [-0.1, -0.05) is 48.0 Å². The van der Waals surface area contributed by atoms with E-state index in [2.05, 4.69) is 20.3 Å². The lowest BCUT2D eigenvalue weighted by atomic mass is 10.2. The number of anilines is 2. The summed E-state index contributed by atoms with van der Waals surface area (Å²) >= 11 is 6.19. The molecule has 0 unspecified atom stereocenters. The van der Waals surface area contributed by atoms with Crippen molar-refractivity contribution in [1.82, 2.24) is 15.0 Å². The molecule has 0 amide bonds. The Hall–Kier alpha value is -4.17. The monoisotopic (exact) mass is 448 g/mol. The third-order valence-electron chi connectivity index (χ3n) is 4.12. The molecule has 1 N–H and O–H groups in total. The van der Waals surface area contributed by atoms with E-state index >= 15 is 0 Å². The van der Waals surface area contributed by atoms with E-state index in [9.17, 15) is 4.79 Å². The number of rotatable bonds is 7. The SMILES string of the molecule is COC(=O)c1cccc(Nc2nc(Oc3ccccc3)nc(Oc3ccccc3Cl)n2)c1. The van der Waals surface area contributed by atoms with E-state index in [-0.39, 0.29) is 18.0 Å². The molecule has 0 aliphatic rings. The van der Waals surface area contributed by atoms with E-state index in [0.717, 1.165) is 0 Å². The van der Waals surface area contributed by atoms with E-state index in [1.54, 1.807) is 60.7 Å². The molecule has 4 aromatic rings. The van der Waals surface area contributed by atoms with Crippen molar-refractivity contribution in [2.75, 3.05) is 12.4 Å². The number of para-hydroxylation sites is 2. The lowest BCUT2D eigenvalue weighted by Crippen LogP contribution is -2.05. The molecule has 4 rings (SSSR count). The molecule has 0 spiro atoms. The number of aromatic nitrogens is 3. The zero-order valence-corrected chi connectivity index (χ0v) is 17.6. The molecule has 9 heteroatoms. The number of hydrogen-bond acceptors (Lipinski definition) is 8. The average molecular weight is 449 g/mol. The van der Waals surface area contributed by atoms with Crippen molar-refractivity contribution in [3.05, 3.63) is 89.4 Å². The van der Waals surface area contributed by atoms with Gasteiger partial charge in [0.25, 0.3) is 0 Å². The van der Waals surface area contributed by atoms with Gasteiger partial charge >= 0.3 is 18.0 Å². The Balaban J connectivity index is 1.66. The van der Waals surface area contributed by atoms with Crippen LogP contribution in [0.3, 0.4) is 0 Å². The van der Waals surface area contributed by atoms with Crippen LogP contribution in [0.2, 0.25) is 5.02 Å². The fraction of sp³-hybridized carbons (Fsp3) is 0.0435. The largest absolute Gasteiger partial charge is 0.465 e. The third kappa shape index (κ3) is 5.30. The van der Waals surface area contributed by atoms with Crippen LogP contribution in [-0.4, -0.2) is 28.0 Å². The topological polar surface area (TPSA) is 95.5 Å². The summed E-state index contributed by atoms with van der Waals surface area (Å²) in [5, 5.41) is 3.43. The van der Waals surface area contributed by atoms with E-state index in [4.69, 9.17) is 25.8 Å². The second-order valence-electron chi connectivity index (χ2n) is 6.37. The first-order chi connectivity index (χ1) is 15.6. The molecule has 32 heavy (non-hydrogen) atoms. The minimum Gasteiger partial charge on any atom is -0.465 e. The maximum atomic E-state index is 11.8. The smallest absolute Gasteiger partial charge is 0.337 e. The number of nitrogens with one attached hydrogen (secondary N) is 1. The molecule has 0 fully saturated rings. The van der Waals surface area contributed by atoms with Crippen molar-refractivity contribution in [2.24, 2.45) is 0 Å². The van der Waals surface area contributed by atoms with Crippen molar-refractivity contribution < 1.29 is 19.0 Å². The van der Waals surface area contributed by atoms with Gasteiger partial charge in [0, 0.05) is 5.69 Å². The average Bonchev–Trinajstić information content (AvgIpc) is 2.81. The summed E-state index contributed by atoms with van der Waals surface area (Å²) in [4.78, 5) is 24.6. The minimum absolute atomic E-state index is 0.0138. The summed E-state index contributed by atoms with van der Waals surface area (Å²) in [7, 11) is 1.32. The molecule has 1 aromatic heterocycles. The quantitative estimate of drug-likeness (QED) is 0.363. The Morgan fingerprint density at radius 3 is 2.31 bits per heavy atom. The highest BCUT2D eigenvalue weighted by Crippen LogP contribution is 2.29. The standard InChI is InChI=1S/C23H17ClN4O4/c1-30-20(29)15-8-7-9-16(14-15)25-21-26-22(31-17-10-3-2-4-11-17)28-23(27-21)32-19-13-6-5-12-18(19)24/h2-14H,1H3,(H,25,26,27,28). The molecule has 1 heterocycles. The fourth-order valence-corrected chi connectivity index (χ4v) is 2.85. The van der Waals surface area contributed by atoms with Gasteiger partial charge in [-0.3, -0.25) is 0 Å². The second-order valence-corrected chi connectivity index (χ2v) is 6.78. The normalized spacial score (nSPS) is 10.3. The number of hydrogen-bond donors (Lipinski definition) is 1. The summed E-state index contributed by atoms with van der Waals surface area (Å²) in [5.41, 5.74) is 0.938. The first-order valence-electron chi connectivity index (χ1n) is 9.47. The molecule has 0 saturated carbocycles. The van der Waals surface area contributed by atoms with Gasteiger partial charge in [0.1, 0.15) is 11.5 Å². The molecule has 160 valence electrons. The Bertz CT molecular complexity index is 1240. The van der Waals surface area contributed by atoms with Crippen molar-refractivity contribution in [1.29, 1.82) is 0 Å². The van der Waals surface area contributed by atoms with E-state index in [1.807, 2.05) is 18.2 Å². The molecule has 0 bridgehead atoms. The molecule has 3 aromatic carbocycles. The number of carbonyl (C=O) groups is 1. The number of benzene rings is 3. The van der Waals surface area contributed by atoms with Crippen LogP contribution in [0, 0.1) is 0 Å². The number of ether oxygens (including phenoxy) is 3. The van der Waals surface area contributed by atoms with Gasteiger partial charge in [0.2, 0.25) is 5.95 Å². The summed E-state index contributed by atoms with van der Waals surface area (Å²) in [6.07, 6.45) is 0. The van der Waals surface area contributed by atoms with Gasteiger partial charge in [-0.25, -0.2) is 4.79 Å². The molecule has 8 nitrogen and oxygen atoms in total. The molecular weight excluding hydrogens is 432 g/mol. The van der Waals surface area contributed by atoms with Crippen molar-refractivity contribution in [3.63, 3.8) is 0 Å². The Labute approximate surface area is 188 Å². The van der Waals surface area contributed by atoms with Gasteiger partial charge in [0.15, 0.2) is 0 Å². The summed E-state index contributed by atoms with van der Waals surface area (Å²) in [5.74, 6) is 0.612. The van der Waals surface area contributed by atoms with Crippen LogP contribution in [0.5, 0.6) is 23.5 Å². The number of esters is 1. The van der Waals surface area contributed by atoms with E-state index in [0.29, 0.717) is 27.8 Å². The Morgan fingerprint density at radius 1 is 0.844 bits per heavy atom. The second kappa shape index (κ2) is 9.76. The zero-order valence-electron chi connectivity index (χ0n) is 16.9. The predicted octanol–water partition coefficient (Wildman–Crippen LogP) is 5.64. The lowest BCUT2D eigenvalue weighted by Gasteiger charge is -2.11. The van der Waals surface area contributed by atoms with Crippen LogP contribution in [0.1, 0.15) is 10.4 Å². The van der Waals surface area contributed by atoms with E-state index < -0.39 is 5.97 Å².